The molecule has 3 heterocycles. The van der Waals surface area contributed by atoms with Crippen LogP contribution in [0.4, 0.5) is 11.4 Å². The predicted octanol–water partition coefficient (Wildman–Crippen LogP) is 3.02. The standard InChI is InChI=1S/C24H23N5O5S/c1-33-15-7-8-17(18(11-15)34-2)26-20(30)13-28-21-16-5-3-4-6-19(16)35-22(21)23(31)29(24(28)32)12-14-9-10-25-27-14/h3-11,24,32H,12-13H2,1-2H3,(H,25,27)(H,26,30). The van der Waals surface area contributed by atoms with Crippen LogP contribution in [0, 0.1) is 0 Å². The van der Waals surface area contributed by atoms with Crippen molar-refractivity contribution in [2.75, 3.05) is 31.0 Å². The van der Waals surface area contributed by atoms with E-state index in [2.05, 4.69) is 15.5 Å². The predicted molar refractivity (Wildman–Crippen MR) is 132 cm³/mol. The van der Waals surface area contributed by atoms with Gasteiger partial charge < -0.3 is 24.8 Å². The molecule has 3 N–H and O–H groups in total. The van der Waals surface area contributed by atoms with Gasteiger partial charge in [-0.1, -0.05) is 18.2 Å². The van der Waals surface area contributed by atoms with Crippen LogP contribution in [0.1, 0.15) is 15.4 Å². The molecule has 4 aromatic rings. The lowest BCUT2D eigenvalue weighted by molar-refractivity contribution is -0.115. The number of anilines is 2. The van der Waals surface area contributed by atoms with Gasteiger partial charge in [0, 0.05) is 22.3 Å². The van der Waals surface area contributed by atoms with Crippen molar-refractivity contribution in [2.45, 2.75) is 12.9 Å². The summed E-state index contributed by atoms with van der Waals surface area (Å²) >= 11 is 1.34. The number of aliphatic hydroxyl groups excluding tert-OH is 1. The minimum absolute atomic E-state index is 0.109. The van der Waals surface area contributed by atoms with Crippen molar-refractivity contribution in [1.29, 1.82) is 0 Å². The number of carbonyl (C=O) groups excluding carboxylic acids is 2. The summed E-state index contributed by atoms with van der Waals surface area (Å²) in [7, 11) is 3.05. The van der Waals surface area contributed by atoms with Crippen molar-refractivity contribution in [1.82, 2.24) is 15.1 Å². The van der Waals surface area contributed by atoms with Crippen molar-refractivity contribution in [2.24, 2.45) is 0 Å². The second-order valence-electron chi connectivity index (χ2n) is 7.88. The highest BCUT2D eigenvalue weighted by molar-refractivity contribution is 7.21. The Morgan fingerprint density at radius 1 is 1.17 bits per heavy atom. The monoisotopic (exact) mass is 493 g/mol. The Kier molecular flexibility index (Phi) is 6.01. The van der Waals surface area contributed by atoms with Gasteiger partial charge in [0.15, 0.2) is 0 Å². The zero-order valence-corrected chi connectivity index (χ0v) is 19.8. The van der Waals surface area contributed by atoms with Gasteiger partial charge in [-0.15, -0.1) is 11.3 Å². The molecule has 5 rings (SSSR count). The molecule has 2 aromatic carbocycles. The summed E-state index contributed by atoms with van der Waals surface area (Å²) in [5, 5.41) is 21.7. The molecule has 1 aliphatic rings. The second-order valence-corrected chi connectivity index (χ2v) is 8.93. The van der Waals surface area contributed by atoms with Crippen LogP contribution in [-0.2, 0) is 11.3 Å². The number of thiophene rings is 1. The van der Waals surface area contributed by atoms with E-state index < -0.39 is 6.35 Å². The van der Waals surface area contributed by atoms with E-state index in [1.807, 2.05) is 24.3 Å². The number of methoxy groups -OCH3 is 2. The van der Waals surface area contributed by atoms with E-state index in [1.165, 1.54) is 28.2 Å². The lowest BCUT2D eigenvalue weighted by atomic mass is 10.1. The second kappa shape index (κ2) is 9.28. The molecule has 1 aliphatic heterocycles. The fourth-order valence-electron chi connectivity index (χ4n) is 4.10. The number of ether oxygens (including phenoxy) is 2. The van der Waals surface area contributed by atoms with E-state index in [9.17, 15) is 14.7 Å². The summed E-state index contributed by atoms with van der Waals surface area (Å²) < 4.78 is 11.5. The van der Waals surface area contributed by atoms with E-state index in [1.54, 1.807) is 37.6 Å². The Morgan fingerprint density at radius 2 is 2.00 bits per heavy atom. The number of nitrogens with one attached hydrogen (secondary N) is 2. The van der Waals surface area contributed by atoms with E-state index in [4.69, 9.17) is 9.47 Å². The highest BCUT2D eigenvalue weighted by Crippen LogP contribution is 2.43. The molecule has 10 nitrogen and oxygen atoms in total. The fraction of sp³-hybridized carbons (Fsp3) is 0.208. The Balaban J connectivity index is 1.48. The maximum Gasteiger partial charge on any atom is 0.269 e. The number of H-pyrrole nitrogens is 1. The van der Waals surface area contributed by atoms with Gasteiger partial charge in [-0.3, -0.25) is 19.6 Å². The van der Waals surface area contributed by atoms with Crippen molar-refractivity contribution >= 4 is 44.6 Å². The molecule has 2 aromatic heterocycles. The molecule has 1 unspecified atom stereocenters. The maximum atomic E-state index is 13.4. The molecule has 0 aliphatic carbocycles. The fourth-order valence-corrected chi connectivity index (χ4v) is 5.27. The van der Waals surface area contributed by atoms with Crippen LogP contribution >= 0.6 is 11.3 Å². The molecule has 0 saturated carbocycles. The number of aromatic amines is 1. The number of hydrogen-bond acceptors (Lipinski definition) is 8. The number of rotatable bonds is 7. The molecule has 0 radical (unpaired) electrons. The van der Waals surface area contributed by atoms with Crippen molar-refractivity contribution in [3.63, 3.8) is 0 Å². The number of amides is 2. The summed E-state index contributed by atoms with van der Waals surface area (Å²) in [6, 6.07) is 14.3. The number of carbonyl (C=O) groups is 2. The number of hydrogen-bond donors (Lipinski definition) is 3. The Morgan fingerprint density at radius 3 is 2.74 bits per heavy atom. The zero-order chi connectivity index (χ0) is 24.5. The quantitative estimate of drug-likeness (QED) is 0.362. The normalized spacial score (nSPS) is 15.3. The van der Waals surface area contributed by atoms with E-state index in [0.717, 1.165) is 10.1 Å². The molecule has 180 valence electrons. The summed E-state index contributed by atoms with van der Waals surface area (Å²) in [6.45, 7) is -0.0884. The molecular formula is C24H23N5O5S. The zero-order valence-electron chi connectivity index (χ0n) is 19.0. The third-order valence-corrected chi connectivity index (χ3v) is 6.91. The van der Waals surface area contributed by atoms with Crippen LogP contribution in [0.2, 0.25) is 0 Å². The third kappa shape index (κ3) is 4.15. The van der Waals surface area contributed by atoms with Crippen LogP contribution < -0.4 is 19.7 Å². The molecule has 0 fully saturated rings. The number of fused-ring (bicyclic) bond motifs is 3. The lowest BCUT2D eigenvalue weighted by Crippen LogP contribution is -2.56. The highest BCUT2D eigenvalue weighted by Gasteiger charge is 2.40. The molecule has 35 heavy (non-hydrogen) atoms. The average molecular weight is 494 g/mol. The van der Waals surface area contributed by atoms with Gasteiger partial charge >= 0.3 is 0 Å². The molecule has 0 spiro atoms. The number of benzene rings is 2. The minimum atomic E-state index is -1.36. The number of nitrogens with zero attached hydrogens (tertiary/aromatic N) is 3. The van der Waals surface area contributed by atoms with Crippen molar-refractivity contribution < 1.29 is 24.2 Å². The molecule has 0 bridgehead atoms. The molecule has 2 amide bonds. The molecular weight excluding hydrogens is 470 g/mol. The highest BCUT2D eigenvalue weighted by atomic mass is 32.1. The Bertz CT molecular complexity index is 1390. The Labute approximate surface area is 204 Å². The SMILES string of the molecule is COc1ccc(NC(=O)CN2c3c(sc4ccccc34)C(=O)N(Cc3ccn[nH]3)C2O)c(OC)c1. The van der Waals surface area contributed by atoms with Crippen molar-refractivity contribution in [3.8, 4) is 11.5 Å². The smallest absolute Gasteiger partial charge is 0.269 e. The van der Waals surface area contributed by atoms with Gasteiger partial charge in [0.2, 0.25) is 12.3 Å². The van der Waals surface area contributed by atoms with Crippen LogP contribution in [-0.4, -0.2) is 59.1 Å². The maximum absolute atomic E-state index is 13.4. The van der Waals surface area contributed by atoms with Crippen LogP contribution in [0.25, 0.3) is 10.1 Å². The third-order valence-electron chi connectivity index (χ3n) is 5.76. The van der Waals surface area contributed by atoms with Gasteiger partial charge in [0.05, 0.1) is 37.8 Å². The van der Waals surface area contributed by atoms with Gasteiger partial charge in [0.25, 0.3) is 5.91 Å². The molecule has 11 heteroatoms. The summed E-state index contributed by atoms with van der Waals surface area (Å²) in [5.74, 6) is 0.338. The minimum Gasteiger partial charge on any atom is -0.497 e. The Hall–Kier alpha value is -4.09. The average Bonchev–Trinajstić information content (AvgIpc) is 3.52. The first-order valence-electron chi connectivity index (χ1n) is 10.8. The van der Waals surface area contributed by atoms with E-state index >= 15 is 0 Å². The van der Waals surface area contributed by atoms with Crippen LogP contribution in [0.3, 0.4) is 0 Å². The van der Waals surface area contributed by atoms with E-state index in [0.29, 0.717) is 33.4 Å². The summed E-state index contributed by atoms with van der Waals surface area (Å²) in [6.07, 6.45) is 0.217. The van der Waals surface area contributed by atoms with Gasteiger partial charge in [0.1, 0.15) is 22.9 Å². The molecule has 0 saturated heterocycles. The summed E-state index contributed by atoms with van der Waals surface area (Å²) in [4.78, 5) is 29.8. The largest absolute Gasteiger partial charge is 0.497 e. The van der Waals surface area contributed by atoms with E-state index in [-0.39, 0.29) is 24.9 Å². The number of aromatic nitrogens is 2. The first-order chi connectivity index (χ1) is 17.0. The first kappa shape index (κ1) is 22.7. The van der Waals surface area contributed by atoms with Gasteiger partial charge in [-0.25, -0.2) is 0 Å². The van der Waals surface area contributed by atoms with Gasteiger partial charge in [-0.2, -0.15) is 5.10 Å². The topological polar surface area (TPSA) is 120 Å². The first-order valence-corrected chi connectivity index (χ1v) is 11.6. The van der Waals surface area contributed by atoms with Crippen molar-refractivity contribution in [3.05, 3.63) is 65.3 Å². The van der Waals surface area contributed by atoms with Gasteiger partial charge in [-0.05, 0) is 24.3 Å². The molecule has 1 atom stereocenters. The lowest BCUT2D eigenvalue weighted by Gasteiger charge is -2.40. The summed E-state index contributed by atoms with van der Waals surface area (Å²) in [5.41, 5.74) is 1.67. The number of aliphatic hydroxyl groups is 1. The van der Waals surface area contributed by atoms with Crippen LogP contribution in [0.5, 0.6) is 11.5 Å². The van der Waals surface area contributed by atoms with Crippen LogP contribution in [0.15, 0.2) is 54.7 Å².